The SMILES string of the molecule is CCNC(=O)C1CCN(S(=O)(=O)c2cnn(CC)c2)C1. The maximum atomic E-state index is 12.4. The number of hydrogen-bond acceptors (Lipinski definition) is 4. The predicted octanol–water partition coefficient (Wildman–Crippen LogP) is 0.0497. The molecule has 1 aromatic rings. The van der Waals surface area contributed by atoms with Crippen LogP contribution >= 0.6 is 0 Å². The minimum Gasteiger partial charge on any atom is -0.356 e. The number of aromatic nitrogens is 2. The minimum absolute atomic E-state index is 0.0746. The fourth-order valence-electron chi connectivity index (χ4n) is 2.28. The van der Waals surface area contributed by atoms with E-state index in [2.05, 4.69) is 10.4 Å². The van der Waals surface area contributed by atoms with Crippen LogP contribution < -0.4 is 5.32 Å². The zero-order valence-corrected chi connectivity index (χ0v) is 12.6. The third-order valence-electron chi connectivity index (χ3n) is 3.44. The molecule has 112 valence electrons. The van der Waals surface area contributed by atoms with E-state index in [0.717, 1.165) is 0 Å². The Bertz CT molecular complexity index is 581. The molecule has 0 aliphatic carbocycles. The van der Waals surface area contributed by atoms with Crippen LogP contribution in [0.5, 0.6) is 0 Å². The normalized spacial score (nSPS) is 20.2. The quantitative estimate of drug-likeness (QED) is 0.833. The number of hydrogen-bond donors (Lipinski definition) is 1. The van der Waals surface area contributed by atoms with E-state index in [1.54, 1.807) is 4.68 Å². The summed E-state index contributed by atoms with van der Waals surface area (Å²) in [6.45, 7) is 5.54. The van der Waals surface area contributed by atoms with Crippen LogP contribution in [-0.2, 0) is 21.4 Å². The molecule has 1 saturated heterocycles. The van der Waals surface area contributed by atoms with Crippen LogP contribution in [-0.4, -0.2) is 48.0 Å². The van der Waals surface area contributed by atoms with E-state index in [9.17, 15) is 13.2 Å². The van der Waals surface area contributed by atoms with E-state index in [1.165, 1.54) is 16.7 Å². The summed E-state index contributed by atoms with van der Waals surface area (Å²) in [5.41, 5.74) is 0. The van der Waals surface area contributed by atoms with Crippen molar-refractivity contribution in [3.8, 4) is 0 Å². The Morgan fingerprint density at radius 2 is 2.25 bits per heavy atom. The molecular weight excluding hydrogens is 280 g/mol. The Labute approximate surface area is 119 Å². The van der Waals surface area contributed by atoms with Crippen LogP contribution in [0.15, 0.2) is 17.3 Å². The highest BCUT2D eigenvalue weighted by Crippen LogP contribution is 2.24. The molecule has 0 bridgehead atoms. The molecule has 1 fully saturated rings. The van der Waals surface area contributed by atoms with E-state index in [4.69, 9.17) is 0 Å². The summed E-state index contributed by atoms with van der Waals surface area (Å²) >= 11 is 0. The summed E-state index contributed by atoms with van der Waals surface area (Å²) < 4.78 is 27.8. The third-order valence-corrected chi connectivity index (χ3v) is 5.26. The highest BCUT2D eigenvalue weighted by atomic mass is 32.2. The zero-order valence-electron chi connectivity index (χ0n) is 11.7. The number of rotatable bonds is 5. The van der Waals surface area contributed by atoms with Crippen molar-refractivity contribution in [2.24, 2.45) is 5.92 Å². The van der Waals surface area contributed by atoms with E-state index in [0.29, 0.717) is 26.1 Å². The van der Waals surface area contributed by atoms with Gasteiger partial charge >= 0.3 is 0 Å². The predicted molar refractivity (Wildman–Crippen MR) is 73.5 cm³/mol. The molecule has 1 aromatic heterocycles. The van der Waals surface area contributed by atoms with Gasteiger partial charge in [-0.05, 0) is 20.3 Å². The topological polar surface area (TPSA) is 84.3 Å². The average Bonchev–Trinajstić information content (AvgIpc) is 3.08. The smallest absolute Gasteiger partial charge is 0.246 e. The first kappa shape index (κ1) is 15.0. The van der Waals surface area contributed by atoms with Gasteiger partial charge in [-0.2, -0.15) is 9.40 Å². The molecule has 1 unspecified atom stereocenters. The number of carbonyl (C=O) groups is 1. The van der Waals surface area contributed by atoms with Crippen LogP contribution in [0.4, 0.5) is 0 Å². The van der Waals surface area contributed by atoms with Gasteiger partial charge in [-0.25, -0.2) is 8.42 Å². The number of amides is 1. The second-order valence-corrected chi connectivity index (χ2v) is 6.71. The number of nitrogens with zero attached hydrogens (tertiary/aromatic N) is 3. The largest absolute Gasteiger partial charge is 0.356 e. The van der Waals surface area contributed by atoms with Gasteiger partial charge in [0.25, 0.3) is 0 Å². The van der Waals surface area contributed by atoms with Crippen molar-refractivity contribution >= 4 is 15.9 Å². The lowest BCUT2D eigenvalue weighted by Gasteiger charge is -2.15. The first-order chi connectivity index (χ1) is 9.48. The standard InChI is InChI=1S/C12H20N4O3S/c1-3-13-12(17)10-5-6-16(8-10)20(18,19)11-7-14-15(4-2)9-11/h7,9-10H,3-6,8H2,1-2H3,(H,13,17). The number of sulfonamides is 1. The zero-order chi connectivity index (χ0) is 14.8. The van der Waals surface area contributed by atoms with Gasteiger partial charge in [-0.1, -0.05) is 0 Å². The van der Waals surface area contributed by atoms with Crippen molar-refractivity contribution in [1.82, 2.24) is 19.4 Å². The molecule has 1 atom stereocenters. The molecule has 8 heteroatoms. The van der Waals surface area contributed by atoms with E-state index in [1.807, 2.05) is 13.8 Å². The maximum absolute atomic E-state index is 12.4. The van der Waals surface area contributed by atoms with Gasteiger partial charge in [0.2, 0.25) is 15.9 Å². The second kappa shape index (κ2) is 5.92. The lowest BCUT2D eigenvalue weighted by Crippen LogP contribution is -2.34. The average molecular weight is 300 g/mol. The van der Waals surface area contributed by atoms with Crippen molar-refractivity contribution in [3.05, 3.63) is 12.4 Å². The van der Waals surface area contributed by atoms with E-state index in [-0.39, 0.29) is 23.3 Å². The van der Waals surface area contributed by atoms with Crippen LogP contribution in [0, 0.1) is 5.92 Å². The molecule has 2 heterocycles. The molecule has 1 amide bonds. The Hall–Kier alpha value is -1.41. The fourth-order valence-corrected chi connectivity index (χ4v) is 3.73. The summed E-state index contributed by atoms with van der Waals surface area (Å²) in [5, 5.41) is 6.72. The third kappa shape index (κ3) is 2.85. The lowest BCUT2D eigenvalue weighted by atomic mass is 10.1. The van der Waals surface area contributed by atoms with Gasteiger partial charge in [-0.15, -0.1) is 0 Å². The number of aryl methyl sites for hydroxylation is 1. The van der Waals surface area contributed by atoms with Crippen molar-refractivity contribution in [3.63, 3.8) is 0 Å². The molecule has 0 saturated carbocycles. The molecule has 20 heavy (non-hydrogen) atoms. The van der Waals surface area contributed by atoms with Gasteiger partial charge in [-0.3, -0.25) is 9.48 Å². The van der Waals surface area contributed by atoms with Crippen LogP contribution in [0.1, 0.15) is 20.3 Å². The molecule has 0 aromatic carbocycles. The van der Waals surface area contributed by atoms with Gasteiger partial charge < -0.3 is 5.32 Å². The summed E-state index contributed by atoms with van der Waals surface area (Å²) in [6, 6.07) is 0. The number of nitrogens with one attached hydrogen (secondary N) is 1. The van der Waals surface area contributed by atoms with Crippen molar-refractivity contribution in [1.29, 1.82) is 0 Å². The highest BCUT2D eigenvalue weighted by molar-refractivity contribution is 7.89. The van der Waals surface area contributed by atoms with Crippen molar-refractivity contribution < 1.29 is 13.2 Å². The molecule has 2 rings (SSSR count). The fraction of sp³-hybridized carbons (Fsp3) is 0.667. The number of carbonyl (C=O) groups excluding carboxylic acids is 1. The van der Waals surface area contributed by atoms with Gasteiger partial charge in [0.15, 0.2) is 0 Å². The van der Waals surface area contributed by atoms with Gasteiger partial charge in [0, 0.05) is 32.4 Å². The Kier molecular flexibility index (Phi) is 4.44. The summed E-state index contributed by atoms with van der Waals surface area (Å²) in [7, 11) is -3.54. The van der Waals surface area contributed by atoms with Crippen molar-refractivity contribution in [2.75, 3.05) is 19.6 Å². The molecular formula is C12H20N4O3S. The van der Waals surface area contributed by atoms with Gasteiger partial charge in [0.1, 0.15) is 4.90 Å². The van der Waals surface area contributed by atoms with E-state index >= 15 is 0 Å². The maximum Gasteiger partial charge on any atom is 0.246 e. The molecule has 1 aliphatic heterocycles. The van der Waals surface area contributed by atoms with Crippen LogP contribution in [0.25, 0.3) is 0 Å². The highest BCUT2D eigenvalue weighted by Gasteiger charge is 2.36. The molecule has 7 nitrogen and oxygen atoms in total. The molecule has 0 radical (unpaired) electrons. The Balaban J connectivity index is 2.10. The Morgan fingerprint density at radius 1 is 1.50 bits per heavy atom. The summed E-state index contributed by atoms with van der Waals surface area (Å²) in [6.07, 6.45) is 3.44. The first-order valence-corrected chi connectivity index (χ1v) is 8.23. The lowest BCUT2D eigenvalue weighted by molar-refractivity contribution is -0.124. The molecule has 1 N–H and O–H groups in total. The first-order valence-electron chi connectivity index (χ1n) is 6.79. The monoisotopic (exact) mass is 300 g/mol. The minimum atomic E-state index is -3.54. The molecule has 1 aliphatic rings. The second-order valence-electron chi connectivity index (χ2n) is 4.77. The Morgan fingerprint density at radius 3 is 2.85 bits per heavy atom. The van der Waals surface area contributed by atoms with Crippen molar-refractivity contribution in [2.45, 2.75) is 31.7 Å². The van der Waals surface area contributed by atoms with Crippen LogP contribution in [0.3, 0.4) is 0 Å². The summed E-state index contributed by atoms with van der Waals surface area (Å²) in [5.74, 6) is -0.333. The summed E-state index contributed by atoms with van der Waals surface area (Å²) in [4.78, 5) is 11.9. The van der Waals surface area contributed by atoms with Gasteiger partial charge in [0.05, 0.1) is 12.1 Å². The van der Waals surface area contributed by atoms with Crippen LogP contribution in [0.2, 0.25) is 0 Å². The molecule has 0 spiro atoms. The van der Waals surface area contributed by atoms with E-state index < -0.39 is 10.0 Å².